The lowest BCUT2D eigenvalue weighted by Crippen LogP contribution is -3.08. The summed E-state index contributed by atoms with van der Waals surface area (Å²) in [4.78, 5) is 13.4. The molecule has 1 atom stereocenters. The number of amides is 1. The van der Waals surface area contributed by atoms with Crippen LogP contribution in [0, 0.1) is 5.82 Å². The smallest absolute Gasteiger partial charge is 0.279 e. The van der Waals surface area contributed by atoms with E-state index in [0.29, 0.717) is 38.5 Å². The van der Waals surface area contributed by atoms with Crippen LogP contribution in [0.15, 0.2) is 53.4 Å². The van der Waals surface area contributed by atoms with Gasteiger partial charge in [-0.2, -0.15) is 4.31 Å². The van der Waals surface area contributed by atoms with Gasteiger partial charge in [-0.25, -0.2) is 12.8 Å². The van der Waals surface area contributed by atoms with Crippen molar-refractivity contribution in [1.29, 1.82) is 0 Å². The standard InChI is InChI=1S/C20H24FN3O4S/c1-23(14-16-2-4-17(21)5-3-16)15-20(25)22-18-6-8-19(9-7-18)29(26,27)24-10-12-28-13-11-24/h2-9H,10-15H2,1H3,(H,22,25)/p+1. The van der Waals surface area contributed by atoms with Gasteiger partial charge in [0.05, 0.1) is 25.2 Å². The van der Waals surface area contributed by atoms with Crippen molar-refractivity contribution in [1.82, 2.24) is 4.31 Å². The van der Waals surface area contributed by atoms with E-state index >= 15 is 0 Å². The third kappa shape index (κ3) is 5.83. The van der Waals surface area contributed by atoms with E-state index in [1.54, 1.807) is 24.3 Å². The van der Waals surface area contributed by atoms with Gasteiger partial charge in [0.25, 0.3) is 5.91 Å². The van der Waals surface area contributed by atoms with Crippen LogP contribution in [-0.4, -0.2) is 58.5 Å². The Labute approximate surface area is 170 Å². The lowest BCUT2D eigenvalue weighted by atomic mass is 10.2. The van der Waals surface area contributed by atoms with Crippen molar-refractivity contribution in [3.05, 3.63) is 59.9 Å². The first-order valence-electron chi connectivity index (χ1n) is 9.38. The van der Waals surface area contributed by atoms with Crippen LogP contribution >= 0.6 is 0 Å². The molecule has 2 N–H and O–H groups in total. The number of anilines is 1. The first-order valence-corrected chi connectivity index (χ1v) is 10.8. The van der Waals surface area contributed by atoms with Crippen LogP contribution in [0.4, 0.5) is 10.1 Å². The van der Waals surface area contributed by atoms with Gasteiger partial charge in [-0.15, -0.1) is 0 Å². The summed E-state index contributed by atoms with van der Waals surface area (Å²) in [6, 6.07) is 12.4. The highest BCUT2D eigenvalue weighted by Crippen LogP contribution is 2.19. The maximum Gasteiger partial charge on any atom is 0.279 e. The van der Waals surface area contributed by atoms with Gasteiger partial charge in [0.2, 0.25) is 10.0 Å². The predicted octanol–water partition coefficient (Wildman–Crippen LogP) is 0.500. The van der Waals surface area contributed by atoms with Gasteiger partial charge in [-0.3, -0.25) is 4.79 Å². The van der Waals surface area contributed by atoms with E-state index < -0.39 is 10.0 Å². The second kappa shape index (κ2) is 9.45. The zero-order valence-corrected chi connectivity index (χ0v) is 17.0. The lowest BCUT2D eigenvalue weighted by Gasteiger charge is -2.26. The topological polar surface area (TPSA) is 80.2 Å². The molecule has 1 fully saturated rings. The minimum atomic E-state index is -3.55. The van der Waals surface area contributed by atoms with Crippen molar-refractivity contribution < 1.29 is 27.2 Å². The summed E-state index contributed by atoms with van der Waals surface area (Å²) in [5.41, 5.74) is 1.47. The minimum absolute atomic E-state index is 0.187. The molecule has 2 aromatic rings. The molecule has 1 amide bonds. The van der Waals surface area contributed by atoms with E-state index in [0.717, 1.165) is 10.5 Å². The highest BCUT2D eigenvalue weighted by Gasteiger charge is 2.26. The normalized spacial score (nSPS) is 16.3. The number of hydrogen-bond acceptors (Lipinski definition) is 4. The molecule has 0 aromatic heterocycles. The van der Waals surface area contributed by atoms with Crippen LogP contribution in [0.2, 0.25) is 0 Å². The Hall–Kier alpha value is -2.33. The summed E-state index contributed by atoms with van der Waals surface area (Å²) in [6.07, 6.45) is 0. The fraction of sp³-hybridized carbons (Fsp3) is 0.350. The molecular weight excluding hydrogens is 397 g/mol. The molecule has 156 valence electrons. The average molecular weight is 423 g/mol. The summed E-state index contributed by atoms with van der Waals surface area (Å²) in [5, 5.41) is 2.78. The lowest BCUT2D eigenvalue weighted by molar-refractivity contribution is -0.885. The van der Waals surface area contributed by atoms with Crippen molar-refractivity contribution in [3.63, 3.8) is 0 Å². The number of carbonyl (C=O) groups is 1. The molecule has 0 bridgehead atoms. The third-order valence-corrected chi connectivity index (χ3v) is 6.54. The summed E-state index contributed by atoms with van der Waals surface area (Å²) < 4.78 is 44.8. The van der Waals surface area contributed by atoms with Crippen LogP contribution < -0.4 is 10.2 Å². The maximum absolute atomic E-state index is 13.0. The second-order valence-corrected chi connectivity index (χ2v) is 8.96. The zero-order valence-electron chi connectivity index (χ0n) is 16.2. The Morgan fingerprint density at radius 2 is 1.72 bits per heavy atom. The monoisotopic (exact) mass is 422 g/mol. The van der Waals surface area contributed by atoms with Gasteiger partial charge in [-0.05, 0) is 36.4 Å². The summed E-state index contributed by atoms with van der Waals surface area (Å²) in [6.45, 7) is 2.27. The summed E-state index contributed by atoms with van der Waals surface area (Å²) in [5.74, 6) is -0.475. The first-order chi connectivity index (χ1) is 13.8. The van der Waals surface area contributed by atoms with Crippen LogP contribution in [0.5, 0.6) is 0 Å². The molecule has 1 aliphatic rings. The molecule has 3 rings (SSSR count). The van der Waals surface area contributed by atoms with E-state index in [4.69, 9.17) is 4.74 Å². The molecule has 29 heavy (non-hydrogen) atoms. The van der Waals surface area contributed by atoms with Crippen molar-refractivity contribution in [2.24, 2.45) is 0 Å². The molecule has 1 unspecified atom stereocenters. The highest BCUT2D eigenvalue weighted by atomic mass is 32.2. The molecule has 0 aliphatic carbocycles. The number of rotatable bonds is 7. The number of sulfonamides is 1. The van der Waals surface area contributed by atoms with Crippen molar-refractivity contribution in [2.75, 3.05) is 45.2 Å². The fourth-order valence-corrected chi connectivity index (χ4v) is 4.55. The Morgan fingerprint density at radius 1 is 1.10 bits per heavy atom. The van der Waals surface area contributed by atoms with Crippen LogP contribution in [0.1, 0.15) is 5.56 Å². The number of hydrogen-bond donors (Lipinski definition) is 2. The Kier molecular flexibility index (Phi) is 6.96. The van der Waals surface area contributed by atoms with Gasteiger partial charge in [0, 0.05) is 24.3 Å². The minimum Gasteiger partial charge on any atom is -0.379 e. The van der Waals surface area contributed by atoms with Gasteiger partial charge in [0.1, 0.15) is 12.4 Å². The molecule has 9 heteroatoms. The molecule has 0 saturated carbocycles. The van der Waals surface area contributed by atoms with Gasteiger partial charge in [-0.1, -0.05) is 12.1 Å². The summed E-state index contributed by atoms with van der Waals surface area (Å²) in [7, 11) is -1.68. The molecule has 0 spiro atoms. The van der Waals surface area contributed by atoms with E-state index in [1.165, 1.54) is 28.6 Å². The summed E-state index contributed by atoms with van der Waals surface area (Å²) >= 11 is 0. The maximum atomic E-state index is 13.0. The van der Waals surface area contributed by atoms with Crippen LogP contribution in [0.3, 0.4) is 0 Å². The van der Waals surface area contributed by atoms with Gasteiger partial charge >= 0.3 is 0 Å². The Balaban J connectivity index is 1.54. The number of halogens is 1. The molecule has 1 saturated heterocycles. The number of nitrogens with one attached hydrogen (secondary N) is 2. The largest absolute Gasteiger partial charge is 0.379 e. The number of quaternary nitrogens is 1. The number of nitrogens with zero attached hydrogens (tertiary/aromatic N) is 1. The second-order valence-electron chi connectivity index (χ2n) is 7.03. The van der Waals surface area contributed by atoms with Gasteiger partial charge < -0.3 is 15.0 Å². The van der Waals surface area contributed by atoms with E-state index in [1.807, 2.05) is 7.05 Å². The Bertz CT molecular complexity index is 927. The number of ether oxygens (including phenoxy) is 1. The number of benzene rings is 2. The quantitative estimate of drug-likeness (QED) is 0.681. The average Bonchev–Trinajstić information content (AvgIpc) is 2.70. The zero-order chi connectivity index (χ0) is 20.9. The number of likely N-dealkylation sites (N-methyl/N-ethyl adjacent to an activating group) is 1. The Morgan fingerprint density at radius 3 is 2.34 bits per heavy atom. The molecule has 2 aromatic carbocycles. The first kappa shape index (κ1) is 21.4. The molecule has 1 heterocycles. The molecule has 7 nitrogen and oxygen atoms in total. The van der Waals surface area contributed by atoms with Crippen molar-refractivity contribution in [3.8, 4) is 0 Å². The van der Waals surface area contributed by atoms with Crippen molar-refractivity contribution in [2.45, 2.75) is 11.4 Å². The van der Waals surface area contributed by atoms with E-state index in [-0.39, 0.29) is 23.2 Å². The molecular formula is C20H25FN3O4S+. The predicted molar refractivity (Wildman–Crippen MR) is 107 cm³/mol. The molecule has 1 aliphatic heterocycles. The van der Waals surface area contributed by atoms with Crippen LogP contribution in [0.25, 0.3) is 0 Å². The van der Waals surface area contributed by atoms with E-state index in [2.05, 4.69) is 5.32 Å². The number of carbonyl (C=O) groups excluding carboxylic acids is 1. The van der Waals surface area contributed by atoms with Crippen molar-refractivity contribution >= 4 is 21.6 Å². The number of morpholine rings is 1. The van der Waals surface area contributed by atoms with Gasteiger partial charge in [0.15, 0.2) is 6.54 Å². The third-order valence-electron chi connectivity index (χ3n) is 4.63. The van der Waals surface area contributed by atoms with Crippen LogP contribution in [-0.2, 0) is 26.1 Å². The highest BCUT2D eigenvalue weighted by molar-refractivity contribution is 7.89. The SMILES string of the molecule is C[NH+](CC(=O)Nc1ccc(S(=O)(=O)N2CCOCC2)cc1)Cc1ccc(F)cc1. The fourth-order valence-electron chi connectivity index (χ4n) is 3.14. The van der Waals surface area contributed by atoms with E-state index in [9.17, 15) is 17.6 Å². The molecule has 0 radical (unpaired) electrons.